The van der Waals surface area contributed by atoms with Gasteiger partial charge >= 0.3 is 5.97 Å². The zero-order valence-corrected chi connectivity index (χ0v) is 11.9. The van der Waals surface area contributed by atoms with Crippen LogP contribution < -0.4 is 0 Å². The van der Waals surface area contributed by atoms with Crippen molar-refractivity contribution in [3.8, 4) is 5.75 Å². The molecule has 0 aromatic heterocycles. The highest BCUT2D eigenvalue weighted by atomic mass is 16.5. The van der Waals surface area contributed by atoms with Gasteiger partial charge < -0.3 is 9.84 Å². The number of hydrogen-bond donors (Lipinski definition) is 1. The summed E-state index contributed by atoms with van der Waals surface area (Å²) in [5, 5.41) is 9.88. The first-order valence-corrected chi connectivity index (χ1v) is 6.96. The second-order valence-electron chi connectivity index (χ2n) is 5.41. The molecular weight excluding hydrogens is 256 g/mol. The van der Waals surface area contributed by atoms with Crippen LogP contribution >= 0.6 is 0 Å². The highest BCUT2D eigenvalue weighted by molar-refractivity contribution is 6.02. The van der Waals surface area contributed by atoms with E-state index < -0.39 is 0 Å². The van der Waals surface area contributed by atoms with Crippen molar-refractivity contribution in [2.75, 3.05) is 7.11 Å². The van der Waals surface area contributed by atoms with E-state index in [4.69, 9.17) is 4.74 Å². The smallest absolute Gasteiger partial charge is 0.309 e. The maximum atomic E-state index is 12.6. The molecule has 0 heterocycles. The summed E-state index contributed by atoms with van der Waals surface area (Å²) in [5.41, 5.74) is 1.22. The molecule has 1 aliphatic carbocycles. The topological polar surface area (TPSA) is 63.6 Å². The first-order chi connectivity index (χ1) is 9.54. The monoisotopic (exact) mass is 276 g/mol. The van der Waals surface area contributed by atoms with Crippen molar-refractivity contribution in [1.82, 2.24) is 0 Å². The molecule has 4 heteroatoms. The van der Waals surface area contributed by atoms with Gasteiger partial charge in [-0.25, -0.2) is 0 Å². The second kappa shape index (κ2) is 6.07. The molecule has 1 saturated carbocycles. The molecule has 4 nitrogen and oxygen atoms in total. The van der Waals surface area contributed by atoms with Gasteiger partial charge in [-0.05, 0) is 31.9 Å². The van der Waals surface area contributed by atoms with Crippen LogP contribution in [0.15, 0.2) is 18.2 Å². The Morgan fingerprint density at radius 3 is 2.50 bits per heavy atom. The predicted octanol–water partition coefficient (Wildman–Crippen LogP) is 2.86. The van der Waals surface area contributed by atoms with Crippen molar-refractivity contribution < 1.29 is 19.4 Å². The molecule has 0 amide bonds. The number of carbonyl (C=O) groups is 2. The van der Waals surface area contributed by atoms with Crippen molar-refractivity contribution in [2.24, 2.45) is 11.8 Å². The molecule has 1 aromatic rings. The fourth-order valence-corrected chi connectivity index (χ4v) is 2.93. The SMILES string of the molecule is COC(=O)[C@H]1CCCC[C@@H]1C(=O)c1cc(C)ccc1O. The van der Waals surface area contributed by atoms with Gasteiger partial charge in [0, 0.05) is 5.92 Å². The minimum atomic E-state index is -0.388. The predicted molar refractivity (Wildman–Crippen MR) is 74.6 cm³/mol. The van der Waals surface area contributed by atoms with Crippen molar-refractivity contribution in [3.63, 3.8) is 0 Å². The minimum absolute atomic E-state index is 0.0187. The lowest BCUT2D eigenvalue weighted by Crippen LogP contribution is -2.33. The average molecular weight is 276 g/mol. The number of Topliss-reactive ketones (excluding diaryl/α,β-unsaturated/α-hetero) is 1. The molecule has 2 rings (SSSR count). The van der Waals surface area contributed by atoms with Gasteiger partial charge in [-0.2, -0.15) is 0 Å². The van der Waals surface area contributed by atoms with E-state index in [9.17, 15) is 14.7 Å². The zero-order chi connectivity index (χ0) is 14.7. The van der Waals surface area contributed by atoms with Crippen LogP contribution in [0.4, 0.5) is 0 Å². The Kier molecular flexibility index (Phi) is 4.42. The fraction of sp³-hybridized carbons (Fsp3) is 0.500. The molecule has 0 bridgehead atoms. The molecule has 1 aliphatic rings. The molecule has 2 atom stereocenters. The summed E-state index contributed by atoms with van der Waals surface area (Å²) in [6.45, 7) is 1.87. The first kappa shape index (κ1) is 14.6. The van der Waals surface area contributed by atoms with Crippen LogP contribution in [0, 0.1) is 18.8 Å². The molecule has 0 saturated heterocycles. The number of phenolic OH excluding ortho intramolecular Hbond substituents is 1. The van der Waals surface area contributed by atoms with Crippen LogP contribution in [0.25, 0.3) is 0 Å². The molecule has 20 heavy (non-hydrogen) atoms. The molecule has 0 radical (unpaired) electrons. The molecular formula is C16H20O4. The molecule has 1 fully saturated rings. The number of ketones is 1. The Bertz CT molecular complexity index is 521. The third-order valence-electron chi connectivity index (χ3n) is 4.02. The van der Waals surface area contributed by atoms with Crippen LogP contribution in [0.3, 0.4) is 0 Å². The third kappa shape index (κ3) is 2.84. The molecule has 0 spiro atoms. The van der Waals surface area contributed by atoms with Gasteiger partial charge in [0.05, 0.1) is 18.6 Å². The Morgan fingerprint density at radius 1 is 1.20 bits per heavy atom. The minimum Gasteiger partial charge on any atom is -0.507 e. The van der Waals surface area contributed by atoms with Crippen LogP contribution in [0.5, 0.6) is 5.75 Å². The normalized spacial score (nSPS) is 22.3. The molecule has 0 unspecified atom stereocenters. The fourth-order valence-electron chi connectivity index (χ4n) is 2.93. The van der Waals surface area contributed by atoms with Gasteiger partial charge in [0.15, 0.2) is 5.78 Å². The lowest BCUT2D eigenvalue weighted by Gasteiger charge is -2.28. The van der Waals surface area contributed by atoms with Gasteiger partial charge in [0.1, 0.15) is 5.75 Å². The van der Waals surface area contributed by atoms with Gasteiger partial charge in [-0.1, -0.05) is 24.5 Å². The molecule has 0 aliphatic heterocycles. The summed E-state index contributed by atoms with van der Waals surface area (Å²) in [6.07, 6.45) is 3.21. The van der Waals surface area contributed by atoms with Crippen molar-refractivity contribution >= 4 is 11.8 Å². The maximum Gasteiger partial charge on any atom is 0.309 e. The van der Waals surface area contributed by atoms with Gasteiger partial charge in [-0.3, -0.25) is 9.59 Å². The van der Waals surface area contributed by atoms with Crippen LogP contribution in [0.2, 0.25) is 0 Å². The van der Waals surface area contributed by atoms with E-state index in [1.807, 2.05) is 6.92 Å². The van der Waals surface area contributed by atoms with Crippen LogP contribution in [-0.2, 0) is 9.53 Å². The van der Waals surface area contributed by atoms with E-state index in [1.165, 1.54) is 13.2 Å². The number of esters is 1. The summed E-state index contributed by atoms with van der Waals surface area (Å²) in [5.74, 6) is -1.27. The summed E-state index contributed by atoms with van der Waals surface area (Å²) in [6, 6.07) is 4.96. The number of aryl methyl sites for hydroxylation is 1. The van der Waals surface area contributed by atoms with E-state index in [1.54, 1.807) is 12.1 Å². The van der Waals surface area contributed by atoms with Crippen molar-refractivity contribution in [1.29, 1.82) is 0 Å². The Morgan fingerprint density at radius 2 is 1.85 bits per heavy atom. The van der Waals surface area contributed by atoms with E-state index in [-0.39, 0.29) is 29.3 Å². The van der Waals surface area contributed by atoms with Gasteiger partial charge in [0.25, 0.3) is 0 Å². The Labute approximate surface area is 118 Å². The molecule has 1 aromatic carbocycles. The number of hydrogen-bond acceptors (Lipinski definition) is 4. The lowest BCUT2D eigenvalue weighted by molar-refractivity contribution is -0.147. The summed E-state index contributed by atoms with van der Waals surface area (Å²) in [7, 11) is 1.35. The highest BCUT2D eigenvalue weighted by Gasteiger charge is 2.37. The maximum absolute atomic E-state index is 12.6. The number of methoxy groups -OCH3 is 1. The summed E-state index contributed by atoms with van der Waals surface area (Å²) >= 11 is 0. The Hall–Kier alpha value is -1.84. The number of aromatic hydroxyl groups is 1. The van der Waals surface area contributed by atoms with Crippen molar-refractivity contribution in [2.45, 2.75) is 32.6 Å². The number of carbonyl (C=O) groups excluding carboxylic acids is 2. The van der Waals surface area contributed by atoms with E-state index in [0.717, 1.165) is 18.4 Å². The number of phenols is 1. The van der Waals surface area contributed by atoms with Crippen LogP contribution in [-0.4, -0.2) is 24.0 Å². The summed E-state index contributed by atoms with van der Waals surface area (Å²) < 4.78 is 4.81. The largest absolute Gasteiger partial charge is 0.507 e. The van der Waals surface area contributed by atoms with E-state index in [0.29, 0.717) is 18.4 Å². The number of benzene rings is 1. The first-order valence-electron chi connectivity index (χ1n) is 6.96. The standard InChI is InChI=1S/C16H20O4/c1-10-7-8-14(17)13(9-10)15(18)11-5-3-4-6-12(11)16(19)20-2/h7-9,11-12,17H,3-6H2,1-2H3/t11-,12-/m0/s1. The van der Waals surface area contributed by atoms with Gasteiger partial charge in [0.2, 0.25) is 0 Å². The van der Waals surface area contributed by atoms with Gasteiger partial charge in [-0.15, -0.1) is 0 Å². The van der Waals surface area contributed by atoms with Crippen LogP contribution in [0.1, 0.15) is 41.6 Å². The molecule has 108 valence electrons. The Balaban J connectivity index is 2.30. The average Bonchev–Trinajstić information content (AvgIpc) is 2.48. The second-order valence-corrected chi connectivity index (χ2v) is 5.41. The van der Waals surface area contributed by atoms with E-state index in [2.05, 4.69) is 0 Å². The van der Waals surface area contributed by atoms with Crippen molar-refractivity contribution in [3.05, 3.63) is 29.3 Å². The van der Waals surface area contributed by atoms with E-state index >= 15 is 0 Å². The lowest BCUT2D eigenvalue weighted by atomic mass is 9.75. The number of rotatable bonds is 3. The highest BCUT2D eigenvalue weighted by Crippen LogP contribution is 2.35. The third-order valence-corrected chi connectivity index (χ3v) is 4.02. The molecule has 1 N–H and O–H groups in total. The zero-order valence-electron chi connectivity index (χ0n) is 11.9. The number of ether oxygens (including phenoxy) is 1. The quantitative estimate of drug-likeness (QED) is 0.681. The summed E-state index contributed by atoms with van der Waals surface area (Å²) in [4.78, 5) is 24.5.